The maximum Gasteiger partial charge on any atom is 0.0864 e. The maximum absolute atomic E-state index is 2.26. The summed E-state index contributed by atoms with van der Waals surface area (Å²) in [6.07, 6.45) is 0. The predicted molar refractivity (Wildman–Crippen MR) is 212 cm³/mol. The summed E-state index contributed by atoms with van der Waals surface area (Å²) < 4.78 is 13.0. The van der Waals surface area contributed by atoms with E-state index >= 15 is 0 Å². The minimum Gasteiger partial charge on any atom is -0.200 e. The van der Waals surface area contributed by atoms with Gasteiger partial charge >= 0.3 is 0 Å². The molecule has 10 heterocycles. The van der Waals surface area contributed by atoms with Crippen LogP contribution in [-0.4, -0.2) is 0 Å². The Morgan fingerprint density at radius 1 is 0.378 bits per heavy atom. The summed E-state index contributed by atoms with van der Waals surface area (Å²) in [5.41, 5.74) is 0. The fourth-order valence-corrected chi connectivity index (χ4v) is 13.8. The standard InChI is InChI=1S/C9H5S2.C8H4S3.2C6H4S2.C4H4S.2Y/c1-3-10-8-6(1)5-7-2-4-11-9(7)8;1-3-9-7-5(1)11-6-2-4-10-8(6)7;1-3-7-6-2-4-8-5(1)6;1-3-7-6-5(1)2-4-8-6;1-2-4-5-3-1;;/h1-5H;1-4H;2*1-4H;1-4H;;/q-1;;;;;;. The summed E-state index contributed by atoms with van der Waals surface area (Å²) in [7, 11) is 0. The van der Waals surface area contributed by atoms with Gasteiger partial charge in [0.05, 0.1) is 13.4 Å². The zero-order chi connectivity index (χ0) is 28.8. The quantitative estimate of drug-likeness (QED) is 0.133. The molecule has 0 spiro atoms. The van der Waals surface area contributed by atoms with Gasteiger partial charge in [0.15, 0.2) is 0 Å². The van der Waals surface area contributed by atoms with Crippen LogP contribution < -0.4 is 0 Å². The summed E-state index contributed by atoms with van der Waals surface area (Å²) in [5, 5.41) is 25.4. The van der Waals surface area contributed by atoms with E-state index in [9.17, 15) is 0 Å². The molecule has 0 aliphatic carbocycles. The first kappa shape index (κ1) is 36.4. The van der Waals surface area contributed by atoms with Gasteiger partial charge in [-0.25, -0.2) is 22.7 Å². The predicted octanol–water partition coefficient (Wildman–Crippen LogP) is 15.7. The van der Waals surface area contributed by atoms with E-state index in [4.69, 9.17) is 0 Å². The van der Waals surface area contributed by atoms with E-state index < -0.39 is 0 Å². The number of hydrogen-bond donors (Lipinski definition) is 0. The zero-order valence-electron chi connectivity index (χ0n) is 23.4. The third-order valence-corrected chi connectivity index (χ3v) is 16.1. The molecule has 11 rings (SSSR count). The van der Waals surface area contributed by atoms with Crippen LogP contribution in [0.3, 0.4) is 0 Å². The fourth-order valence-electron chi connectivity index (χ4n) is 4.23. The second kappa shape index (κ2) is 18.2. The molecule has 0 unspecified atom stereocenters. The number of fused-ring (bicyclic) bond motifs is 8. The third kappa shape index (κ3) is 9.03. The second-order valence-electron chi connectivity index (χ2n) is 8.83. The Kier molecular flexibility index (Phi) is 14.7. The molecule has 220 valence electrons. The van der Waals surface area contributed by atoms with Crippen LogP contribution in [0.15, 0.2) is 121 Å². The van der Waals surface area contributed by atoms with Crippen molar-refractivity contribution in [1.29, 1.82) is 0 Å². The molecule has 10 aromatic heterocycles. The van der Waals surface area contributed by atoms with Gasteiger partial charge in [-0.1, -0.05) is 22.9 Å². The molecule has 2 radical (unpaired) electrons. The summed E-state index contributed by atoms with van der Waals surface area (Å²) in [6.45, 7) is 0. The maximum atomic E-state index is 2.26. The molecule has 0 nitrogen and oxygen atoms in total. The van der Waals surface area contributed by atoms with Crippen LogP contribution >= 0.6 is 113 Å². The fraction of sp³-hybridized carbons (Fsp3) is 0. The summed E-state index contributed by atoms with van der Waals surface area (Å²) in [5.74, 6) is 0. The van der Waals surface area contributed by atoms with E-state index in [1.54, 1.807) is 34.0 Å². The number of rotatable bonds is 0. The van der Waals surface area contributed by atoms with Gasteiger partial charge < -0.3 is 0 Å². The molecule has 0 N–H and O–H groups in total. The SMILES string of the molecule is [Y].[Y].c1cc2[cH-]c3ccsc3c2s1.c1cc2ccsc2s1.c1cc2sc3ccsc3c2s1.c1cc2sccc2s1.c1ccsc1. The molecule has 0 fully saturated rings. The van der Waals surface area contributed by atoms with Crippen LogP contribution in [0.25, 0.3) is 57.8 Å². The molecule has 0 aliphatic heterocycles. The van der Waals surface area contributed by atoms with Gasteiger partial charge in [-0.15, -0.1) is 108 Å². The van der Waals surface area contributed by atoms with Crippen molar-refractivity contribution in [2.24, 2.45) is 0 Å². The van der Waals surface area contributed by atoms with Crippen LogP contribution in [0.1, 0.15) is 0 Å². The van der Waals surface area contributed by atoms with Gasteiger partial charge in [0.25, 0.3) is 0 Å². The van der Waals surface area contributed by atoms with Crippen molar-refractivity contribution in [3.05, 3.63) is 121 Å². The van der Waals surface area contributed by atoms with Crippen LogP contribution in [-0.2, 0) is 65.4 Å². The van der Waals surface area contributed by atoms with Crippen LogP contribution in [0.4, 0.5) is 0 Å². The van der Waals surface area contributed by atoms with Gasteiger partial charge in [-0.3, -0.25) is 0 Å². The normalized spacial score (nSPS) is 10.3. The van der Waals surface area contributed by atoms with E-state index in [2.05, 4.69) is 97.6 Å². The van der Waals surface area contributed by atoms with E-state index in [0.717, 1.165) is 0 Å². The van der Waals surface area contributed by atoms with Crippen molar-refractivity contribution in [1.82, 2.24) is 0 Å². The van der Waals surface area contributed by atoms with Crippen molar-refractivity contribution in [2.45, 2.75) is 0 Å². The third-order valence-electron chi connectivity index (χ3n) is 6.17. The van der Waals surface area contributed by atoms with E-state index in [0.29, 0.717) is 0 Å². The topological polar surface area (TPSA) is 0 Å². The molecule has 0 atom stereocenters. The van der Waals surface area contributed by atoms with Gasteiger partial charge in [0.2, 0.25) is 0 Å². The Morgan fingerprint density at radius 2 is 0.800 bits per heavy atom. The largest absolute Gasteiger partial charge is 0.200 e. The molecule has 12 heteroatoms. The van der Waals surface area contributed by atoms with Crippen molar-refractivity contribution >= 4 is 171 Å². The van der Waals surface area contributed by atoms with E-state index in [1.807, 2.05) is 102 Å². The second-order valence-corrected chi connectivity index (χ2v) is 18.4. The van der Waals surface area contributed by atoms with Crippen molar-refractivity contribution < 1.29 is 65.4 Å². The van der Waals surface area contributed by atoms with Gasteiger partial charge in [-0.2, -0.15) is 11.3 Å². The van der Waals surface area contributed by atoms with Crippen molar-refractivity contribution in [2.75, 3.05) is 0 Å². The van der Waals surface area contributed by atoms with Gasteiger partial charge in [-0.05, 0) is 88.8 Å². The Balaban J connectivity index is 0.000000112. The zero-order valence-corrected chi connectivity index (χ0v) is 37.2. The Bertz CT molecular complexity index is 2020. The van der Waals surface area contributed by atoms with Crippen LogP contribution in [0.5, 0.6) is 0 Å². The number of hydrogen-bond acceptors (Lipinski definition) is 10. The molecule has 0 saturated carbocycles. The Hall–Kier alpha value is 0.118. The molecule has 0 saturated heterocycles. The van der Waals surface area contributed by atoms with Crippen molar-refractivity contribution in [3.63, 3.8) is 0 Å². The summed E-state index contributed by atoms with van der Waals surface area (Å²) >= 11 is 18.2. The van der Waals surface area contributed by atoms with Gasteiger partial charge in [0.1, 0.15) is 0 Å². The Morgan fingerprint density at radius 3 is 1.27 bits per heavy atom. The first-order chi connectivity index (χ1) is 21.3. The molecular formula is C33H21S10Y2-. The van der Waals surface area contributed by atoms with Crippen LogP contribution in [0.2, 0.25) is 0 Å². The monoisotopic (exact) mass is 915 g/mol. The first-order valence-electron chi connectivity index (χ1n) is 13.0. The molecular weight excluding hydrogens is 895 g/mol. The smallest absolute Gasteiger partial charge is 0.0864 e. The van der Waals surface area contributed by atoms with E-state index in [1.165, 1.54) is 57.8 Å². The molecule has 45 heavy (non-hydrogen) atoms. The minimum atomic E-state index is 0. The number of thiophene rings is 10. The Labute approximate surface area is 351 Å². The average Bonchev–Trinajstić information content (AvgIpc) is 3.86. The van der Waals surface area contributed by atoms with Crippen LogP contribution in [0, 0.1) is 0 Å². The molecule has 0 aliphatic rings. The summed E-state index contributed by atoms with van der Waals surface area (Å²) in [4.78, 5) is 0. The molecule has 0 bridgehead atoms. The minimum absolute atomic E-state index is 0. The van der Waals surface area contributed by atoms with Crippen molar-refractivity contribution in [3.8, 4) is 0 Å². The van der Waals surface area contributed by atoms with Gasteiger partial charge in [0, 0.05) is 89.6 Å². The summed E-state index contributed by atoms with van der Waals surface area (Å²) in [6, 6.07) is 23.7. The average molecular weight is 916 g/mol. The van der Waals surface area contributed by atoms with E-state index in [-0.39, 0.29) is 65.4 Å². The molecule has 0 amide bonds. The first-order valence-corrected chi connectivity index (χ1v) is 21.7. The molecule has 1 aromatic carbocycles. The molecule has 11 aromatic rings.